The smallest absolute Gasteiger partial charge is 0.327 e. The van der Waals surface area contributed by atoms with E-state index >= 15 is 0 Å². The number of carbonyl (C=O) groups is 4. The van der Waals surface area contributed by atoms with Gasteiger partial charge >= 0.3 is 11.9 Å². The highest BCUT2D eigenvalue weighted by molar-refractivity contribution is 6.42. The van der Waals surface area contributed by atoms with Crippen LogP contribution < -0.4 is 0 Å². The van der Waals surface area contributed by atoms with Crippen molar-refractivity contribution in [3.8, 4) is 0 Å². The first-order valence-corrected chi connectivity index (χ1v) is 9.10. The first-order valence-electron chi connectivity index (χ1n) is 8.35. The molecule has 1 saturated heterocycles. The van der Waals surface area contributed by atoms with Crippen molar-refractivity contribution in [3.05, 3.63) is 39.9 Å². The van der Waals surface area contributed by atoms with Gasteiger partial charge in [-0.1, -0.05) is 29.3 Å². The average Bonchev–Trinajstić information content (AvgIpc) is 2.82. The Labute approximate surface area is 170 Å². The predicted octanol–water partition coefficient (Wildman–Crippen LogP) is 2.00. The molecule has 0 saturated carbocycles. The average molecular weight is 429 g/mol. The molecule has 150 valence electrons. The summed E-state index contributed by atoms with van der Waals surface area (Å²) in [4.78, 5) is 49.3. The summed E-state index contributed by atoms with van der Waals surface area (Å²) in [5.41, 5.74) is 0.669. The van der Waals surface area contributed by atoms with Gasteiger partial charge in [0.15, 0.2) is 0 Å². The van der Waals surface area contributed by atoms with E-state index in [4.69, 9.17) is 28.3 Å². The van der Waals surface area contributed by atoms with Crippen molar-refractivity contribution in [1.29, 1.82) is 0 Å². The zero-order valence-corrected chi connectivity index (χ0v) is 16.2. The molecule has 1 aromatic carbocycles. The van der Waals surface area contributed by atoms with Crippen LogP contribution in [-0.2, 0) is 19.2 Å². The Morgan fingerprint density at radius 2 is 1.82 bits per heavy atom. The number of amides is 2. The summed E-state index contributed by atoms with van der Waals surface area (Å²) in [5.74, 6) is -3.57. The molecular weight excluding hydrogens is 411 g/mol. The van der Waals surface area contributed by atoms with Crippen LogP contribution in [0.1, 0.15) is 18.4 Å². The Morgan fingerprint density at radius 1 is 1.11 bits per heavy atom. The van der Waals surface area contributed by atoms with Crippen molar-refractivity contribution in [2.24, 2.45) is 0 Å². The number of carboxylic acid groups (broad SMARTS) is 2. The van der Waals surface area contributed by atoms with Gasteiger partial charge in [0, 0.05) is 32.1 Å². The molecule has 0 aromatic heterocycles. The van der Waals surface area contributed by atoms with Crippen molar-refractivity contribution in [3.63, 3.8) is 0 Å². The maximum atomic E-state index is 12.4. The van der Waals surface area contributed by atoms with Crippen molar-refractivity contribution in [2.75, 3.05) is 19.6 Å². The molecular formula is C18H18Cl2N2O6. The summed E-state index contributed by atoms with van der Waals surface area (Å²) in [7, 11) is 0. The number of hydrogen-bond donors (Lipinski definition) is 2. The minimum atomic E-state index is -1.47. The summed E-state index contributed by atoms with van der Waals surface area (Å²) >= 11 is 11.8. The Kier molecular flexibility index (Phi) is 7.42. The van der Waals surface area contributed by atoms with Crippen LogP contribution in [0.2, 0.25) is 10.0 Å². The molecule has 0 spiro atoms. The van der Waals surface area contributed by atoms with Gasteiger partial charge in [-0.15, -0.1) is 0 Å². The Bertz CT molecular complexity index is 826. The quantitative estimate of drug-likeness (QED) is 0.669. The van der Waals surface area contributed by atoms with Gasteiger partial charge in [-0.2, -0.15) is 0 Å². The van der Waals surface area contributed by atoms with Crippen molar-refractivity contribution in [2.45, 2.75) is 18.9 Å². The number of carbonyl (C=O) groups excluding carboxylic acids is 2. The van der Waals surface area contributed by atoms with Crippen LogP contribution in [0.15, 0.2) is 24.3 Å². The van der Waals surface area contributed by atoms with Gasteiger partial charge in [0.2, 0.25) is 11.8 Å². The van der Waals surface area contributed by atoms with Crippen LogP contribution >= 0.6 is 23.2 Å². The van der Waals surface area contributed by atoms with E-state index in [0.717, 1.165) is 4.90 Å². The highest BCUT2D eigenvalue weighted by Gasteiger charge is 2.34. The first kappa shape index (κ1) is 21.7. The fraction of sp³-hybridized carbons (Fsp3) is 0.333. The summed E-state index contributed by atoms with van der Waals surface area (Å²) < 4.78 is 0. The van der Waals surface area contributed by atoms with E-state index in [9.17, 15) is 24.3 Å². The first-order chi connectivity index (χ1) is 13.2. The van der Waals surface area contributed by atoms with Crippen LogP contribution in [0.5, 0.6) is 0 Å². The number of nitrogens with zero attached hydrogens (tertiary/aromatic N) is 2. The highest BCUT2D eigenvalue weighted by atomic mass is 35.5. The van der Waals surface area contributed by atoms with Crippen LogP contribution in [0.3, 0.4) is 0 Å². The molecule has 0 aliphatic carbocycles. The molecule has 10 heteroatoms. The monoisotopic (exact) mass is 428 g/mol. The Hall–Kier alpha value is -2.58. The van der Waals surface area contributed by atoms with E-state index in [2.05, 4.69) is 0 Å². The molecule has 2 amide bonds. The third-order valence-electron chi connectivity index (χ3n) is 4.23. The van der Waals surface area contributed by atoms with Crippen LogP contribution in [0, 0.1) is 0 Å². The molecule has 1 unspecified atom stereocenters. The molecule has 1 aromatic rings. The maximum Gasteiger partial charge on any atom is 0.327 e. The lowest BCUT2D eigenvalue weighted by Crippen LogP contribution is -2.47. The summed E-state index contributed by atoms with van der Waals surface area (Å²) in [6.45, 7) is 0.147. The minimum Gasteiger partial charge on any atom is -0.481 e. The predicted molar refractivity (Wildman–Crippen MR) is 102 cm³/mol. The van der Waals surface area contributed by atoms with Gasteiger partial charge in [-0.3, -0.25) is 14.4 Å². The minimum absolute atomic E-state index is 0.0601. The van der Waals surface area contributed by atoms with Gasteiger partial charge in [0.1, 0.15) is 6.04 Å². The van der Waals surface area contributed by atoms with E-state index < -0.39 is 30.3 Å². The molecule has 0 bridgehead atoms. The SMILES string of the molecule is O=C(O)CC(C(=O)O)N1CCN(C(=O)/C=C/c2ccc(Cl)c(Cl)c2)CCC1=O. The lowest BCUT2D eigenvalue weighted by molar-refractivity contribution is -0.154. The topological polar surface area (TPSA) is 115 Å². The van der Waals surface area contributed by atoms with E-state index in [-0.39, 0.29) is 32.0 Å². The Morgan fingerprint density at radius 3 is 2.43 bits per heavy atom. The second-order valence-corrected chi connectivity index (χ2v) is 6.94. The standard InChI is InChI=1S/C18H18Cl2N2O6/c19-12-3-1-11(9-13(12)20)2-4-15(23)21-6-5-16(24)22(8-7-21)14(18(27)28)10-17(25)26/h1-4,9,14H,5-8,10H2,(H,25,26)(H,27,28)/b4-2+. The number of carboxylic acids is 2. The number of hydrogen-bond acceptors (Lipinski definition) is 4. The molecule has 1 heterocycles. The second-order valence-electron chi connectivity index (χ2n) is 6.12. The van der Waals surface area contributed by atoms with Gasteiger partial charge in [-0.05, 0) is 23.8 Å². The lowest BCUT2D eigenvalue weighted by Gasteiger charge is -2.26. The van der Waals surface area contributed by atoms with E-state index in [0.29, 0.717) is 15.6 Å². The maximum absolute atomic E-state index is 12.4. The van der Waals surface area contributed by atoms with Gasteiger partial charge < -0.3 is 20.0 Å². The largest absolute Gasteiger partial charge is 0.481 e. The molecule has 1 aliphatic heterocycles. The molecule has 0 radical (unpaired) electrons. The zero-order chi connectivity index (χ0) is 20.8. The molecule has 2 rings (SSSR count). The molecule has 1 aliphatic rings. The third kappa shape index (κ3) is 5.71. The normalized spacial score (nSPS) is 16.1. The van der Waals surface area contributed by atoms with Crippen LogP contribution in [0.4, 0.5) is 0 Å². The molecule has 2 N–H and O–H groups in total. The van der Waals surface area contributed by atoms with Gasteiger partial charge in [0.05, 0.1) is 16.5 Å². The fourth-order valence-electron chi connectivity index (χ4n) is 2.77. The van der Waals surface area contributed by atoms with Crippen molar-refractivity contribution in [1.82, 2.24) is 9.80 Å². The number of halogens is 2. The number of benzene rings is 1. The Balaban J connectivity index is 2.06. The lowest BCUT2D eigenvalue weighted by atomic mass is 10.1. The molecule has 8 nitrogen and oxygen atoms in total. The molecule has 1 atom stereocenters. The number of aliphatic carboxylic acids is 2. The van der Waals surface area contributed by atoms with E-state index in [1.54, 1.807) is 24.3 Å². The van der Waals surface area contributed by atoms with Crippen molar-refractivity contribution >= 4 is 53.0 Å². The fourth-order valence-corrected chi connectivity index (χ4v) is 3.08. The molecule has 28 heavy (non-hydrogen) atoms. The summed E-state index contributed by atoms with van der Waals surface area (Å²) in [6, 6.07) is 3.43. The van der Waals surface area contributed by atoms with Crippen LogP contribution in [0.25, 0.3) is 6.08 Å². The van der Waals surface area contributed by atoms with Gasteiger partial charge in [-0.25, -0.2) is 4.79 Å². The zero-order valence-electron chi connectivity index (χ0n) is 14.7. The van der Waals surface area contributed by atoms with E-state index in [1.807, 2.05) is 0 Å². The molecule has 1 fully saturated rings. The number of rotatable bonds is 6. The highest BCUT2D eigenvalue weighted by Crippen LogP contribution is 2.23. The van der Waals surface area contributed by atoms with Crippen molar-refractivity contribution < 1.29 is 29.4 Å². The second kappa shape index (κ2) is 9.57. The third-order valence-corrected chi connectivity index (χ3v) is 4.97. The summed E-state index contributed by atoms with van der Waals surface area (Å²) in [5, 5.41) is 18.9. The van der Waals surface area contributed by atoms with Crippen LogP contribution in [-0.4, -0.2) is 69.4 Å². The van der Waals surface area contributed by atoms with E-state index in [1.165, 1.54) is 11.0 Å². The summed E-state index contributed by atoms with van der Waals surface area (Å²) in [6.07, 6.45) is 2.09. The van der Waals surface area contributed by atoms with Gasteiger partial charge in [0.25, 0.3) is 0 Å².